The van der Waals surface area contributed by atoms with Crippen LogP contribution in [0.15, 0.2) is 30.3 Å². The molecule has 2 unspecified atom stereocenters. The van der Waals surface area contributed by atoms with E-state index in [1.807, 2.05) is 25.1 Å². The topological polar surface area (TPSA) is 84.2 Å². The monoisotopic (exact) mass is 299 g/mol. The molecule has 1 aromatic rings. The van der Waals surface area contributed by atoms with Crippen LogP contribution in [0, 0.1) is 0 Å². The zero-order valence-electron chi connectivity index (χ0n) is 12.0. The molecule has 5 nitrogen and oxygen atoms in total. The maximum Gasteiger partial charge on any atom is 0.245 e. The van der Waals surface area contributed by atoms with Crippen LogP contribution in [0.4, 0.5) is 0 Å². The Labute approximate surface area is 125 Å². The van der Waals surface area contributed by atoms with Gasteiger partial charge >= 0.3 is 0 Å². The predicted molar refractivity (Wildman–Crippen MR) is 81.5 cm³/mol. The van der Waals surface area contributed by atoms with Crippen molar-refractivity contribution in [3.05, 3.63) is 35.9 Å². The van der Waals surface area contributed by atoms with Gasteiger partial charge in [0.05, 0.1) is 0 Å². The quantitative estimate of drug-likeness (QED) is 0.756. The molecule has 0 aliphatic heterocycles. The second kappa shape index (κ2) is 7.87. The predicted octanol–water partition coefficient (Wildman–Crippen LogP) is 0.923. The third-order valence-corrected chi connectivity index (χ3v) is 2.94. The molecule has 0 fully saturated rings. The minimum Gasteiger partial charge on any atom is -0.355 e. The fourth-order valence-corrected chi connectivity index (χ4v) is 1.65. The number of carbonyl (C=O) groups is 2. The maximum atomic E-state index is 12.2. The van der Waals surface area contributed by atoms with Gasteiger partial charge in [-0.3, -0.25) is 9.59 Å². The zero-order valence-corrected chi connectivity index (χ0v) is 12.8. The number of hydrogen-bond acceptors (Lipinski definition) is 3. The van der Waals surface area contributed by atoms with E-state index in [1.54, 1.807) is 26.0 Å². The molecule has 0 radical (unpaired) electrons. The Morgan fingerprint density at radius 3 is 2.35 bits per heavy atom. The molecule has 4 N–H and O–H groups in total. The van der Waals surface area contributed by atoms with E-state index in [0.717, 1.165) is 0 Å². The van der Waals surface area contributed by atoms with E-state index in [9.17, 15) is 9.59 Å². The van der Waals surface area contributed by atoms with Crippen LogP contribution >= 0.6 is 12.4 Å². The zero-order chi connectivity index (χ0) is 14.5. The second-order valence-corrected chi connectivity index (χ2v) is 4.66. The normalized spacial score (nSPS) is 14.4. The van der Waals surface area contributed by atoms with Gasteiger partial charge in [-0.2, -0.15) is 0 Å². The van der Waals surface area contributed by atoms with Crippen LogP contribution in [0.25, 0.3) is 0 Å². The first-order valence-corrected chi connectivity index (χ1v) is 6.32. The molecule has 0 saturated heterocycles. The van der Waals surface area contributed by atoms with E-state index in [4.69, 9.17) is 5.73 Å². The molecule has 2 atom stereocenters. The van der Waals surface area contributed by atoms with Gasteiger partial charge in [0.2, 0.25) is 11.8 Å². The molecule has 0 aliphatic rings. The van der Waals surface area contributed by atoms with E-state index < -0.39 is 11.6 Å². The summed E-state index contributed by atoms with van der Waals surface area (Å²) in [6.07, 6.45) is 0. The second-order valence-electron chi connectivity index (χ2n) is 4.66. The van der Waals surface area contributed by atoms with Crippen molar-refractivity contribution in [2.45, 2.75) is 32.4 Å². The average Bonchev–Trinajstić information content (AvgIpc) is 2.39. The summed E-state index contributed by atoms with van der Waals surface area (Å²) in [4.78, 5) is 23.7. The Bertz CT molecular complexity index is 449. The number of carbonyl (C=O) groups excluding carboxylic acids is 2. The van der Waals surface area contributed by atoms with Crippen molar-refractivity contribution >= 4 is 24.2 Å². The van der Waals surface area contributed by atoms with Crippen LogP contribution < -0.4 is 16.4 Å². The van der Waals surface area contributed by atoms with Crippen LogP contribution in [0.1, 0.15) is 26.3 Å². The lowest BCUT2D eigenvalue weighted by molar-refractivity contribution is -0.131. The fourth-order valence-electron chi connectivity index (χ4n) is 1.65. The minimum atomic E-state index is -1.16. The number of likely N-dealkylation sites (N-methyl/N-ethyl adjacent to an activating group) is 1. The van der Waals surface area contributed by atoms with Gasteiger partial charge in [0.1, 0.15) is 11.6 Å². The molecule has 112 valence electrons. The first kappa shape index (κ1) is 18.4. The lowest BCUT2D eigenvalue weighted by Crippen LogP contribution is -2.54. The van der Waals surface area contributed by atoms with E-state index in [1.165, 1.54) is 0 Å². The SMILES string of the molecule is CCNC(=O)C(C)NC(=O)C(C)(N)c1ccccc1.Cl. The summed E-state index contributed by atoms with van der Waals surface area (Å²) in [6, 6.07) is 8.46. The van der Waals surface area contributed by atoms with Gasteiger partial charge in [-0.1, -0.05) is 30.3 Å². The van der Waals surface area contributed by atoms with Crippen molar-refractivity contribution in [1.29, 1.82) is 0 Å². The molecule has 20 heavy (non-hydrogen) atoms. The minimum absolute atomic E-state index is 0. The van der Waals surface area contributed by atoms with E-state index in [2.05, 4.69) is 10.6 Å². The van der Waals surface area contributed by atoms with Crippen molar-refractivity contribution in [1.82, 2.24) is 10.6 Å². The molecule has 0 aromatic heterocycles. The number of benzene rings is 1. The van der Waals surface area contributed by atoms with Gasteiger partial charge in [-0.15, -0.1) is 12.4 Å². The molecule has 0 spiro atoms. The standard InChI is InChI=1S/C14H21N3O2.ClH/c1-4-16-12(18)10(2)17-13(19)14(3,15)11-8-6-5-7-9-11;/h5-10H,4,15H2,1-3H3,(H,16,18)(H,17,19);1H. The molecular weight excluding hydrogens is 278 g/mol. The first-order chi connectivity index (χ1) is 8.89. The lowest BCUT2D eigenvalue weighted by Gasteiger charge is -2.26. The van der Waals surface area contributed by atoms with Crippen LogP contribution in [-0.4, -0.2) is 24.4 Å². The van der Waals surface area contributed by atoms with Crippen LogP contribution in [-0.2, 0) is 15.1 Å². The average molecular weight is 300 g/mol. The van der Waals surface area contributed by atoms with Crippen molar-refractivity contribution in [2.75, 3.05) is 6.54 Å². The summed E-state index contributed by atoms with van der Waals surface area (Å²) in [5.41, 5.74) is 5.60. The van der Waals surface area contributed by atoms with Gasteiger partial charge in [0.15, 0.2) is 0 Å². The molecule has 0 heterocycles. The van der Waals surface area contributed by atoms with Gasteiger partial charge in [0.25, 0.3) is 0 Å². The van der Waals surface area contributed by atoms with E-state index in [-0.39, 0.29) is 24.2 Å². The summed E-state index contributed by atoms with van der Waals surface area (Å²) in [6.45, 7) is 5.60. The molecule has 0 bridgehead atoms. The highest BCUT2D eigenvalue weighted by molar-refractivity contribution is 5.92. The maximum absolute atomic E-state index is 12.2. The van der Waals surface area contributed by atoms with Gasteiger partial charge in [-0.05, 0) is 26.3 Å². The van der Waals surface area contributed by atoms with Crippen LogP contribution in [0.3, 0.4) is 0 Å². The van der Waals surface area contributed by atoms with Gasteiger partial charge < -0.3 is 16.4 Å². The highest BCUT2D eigenvalue weighted by Gasteiger charge is 2.32. The van der Waals surface area contributed by atoms with E-state index in [0.29, 0.717) is 12.1 Å². The molecule has 6 heteroatoms. The molecular formula is C14H22ClN3O2. The summed E-state index contributed by atoms with van der Waals surface area (Å²) in [7, 11) is 0. The number of nitrogens with one attached hydrogen (secondary N) is 2. The fraction of sp³-hybridized carbons (Fsp3) is 0.429. The third kappa shape index (κ3) is 4.51. The van der Waals surface area contributed by atoms with Gasteiger partial charge in [-0.25, -0.2) is 0 Å². The van der Waals surface area contributed by atoms with Gasteiger partial charge in [0, 0.05) is 6.54 Å². The summed E-state index contributed by atoms with van der Waals surface area (Å²) in [5, 5.41) is 5.27. The highest BCUT2D eigenvalue weighted by atomic mass is 35.5. The Kier molecular flexibility index (Phi) is 7.24. The third-order valence-electron chi connectivity index (χ3n) is 2.94. The molecule has 0 aliphatic carbocycles. The Hall–Kier alpha value is -1.59. The van der Waals surface area contributed by atoms with Crippen molar-refractivity contribution in [3.63, 3.8) is 0 Å². The summed E-state index contributed by atoms with van der Waals surface area (Å²) >= 11 is 0. The van der Waals surface area contributed by atoms with Crippen LogP contribution in [0.2, 0.25) is 0 Å². The summed E-state index contributed by atoms with van der Waals surface area (Å²) < 4.78 is 0. The number of nitrogens with two attached hydrogens (primary N) is 1. The molecule has 0 saturated carbocycles. The number of hydrogen-bond donors (Lipinski definition) is 3. The Morgan fingerprint density at radius 1 is 1.30 bits per heavy atom. The number of halogens is 1. The Morgan fingerprint density at radius 2 is 1.85 bits per heavy atom. The smallest absolute Gasteiger partial charge is 0.245 e. The van der Waals surface area contributed by atoms with Crippen molar-refractivity contribution < 1.29 is 9.59 Å². The number of amides is 2. The lowest BCUT2D eigenvalue weighted by atomic mass is 9.92. The van der Waals surface area contributed by atoms with Crippen molar-refractivity contribution in [2.24, 2.45) is 5.73 Å². The largest absolute Gasteiger partial charge is 0.355 e. The molecule has 1 rings (SSSR count). The first-order valence-electron chi connectivity index (χ1n) is 6.32. The summed E-state index contributed by atoms with van der Waals surface area (Å²) in [5.74, 6) is -0.600. The Balaban J connectivity index is 0.00000361. The number of rotatable bonds is 5. The molecule has 1 aromatic carbocycles. The van der Waals surface area contributed by atoms with Crippen molar-refractivity contribution in [3.8, 4) is 0 Å². The van der Waals surface area contributed by atoms with Crippen LogP contribution in [0.5, 0.6) is 0 Å². The highest BCUT2D eigenvalue weighted by Crippen LogP contribution is 2.17. The van der Waals surface area contributed by atoms with E-state index >= 15 is 0 Å². The molecule has 2 amide bonds.